The summed E-state index contributed by atoms with van der Waals surface area (Å²) in [4.78, 5) is 40.0. The van der Waals surface area contributed by atoms with Crippen LogP contribution in [0.1, 0.15) is 43.7 Å². The molecule has 7 nitrogen and oxygen atoms in total. The van der Waals surface area contributed by atoms with Gasteiger partial charge in [-0.3, -0.25) is 19.3 Å². The smallest absolute Gasteiger partial charge is 0.233 e. The molecule has 1 aliphatic heterocycles. The van der Waals surface area contributed by atoms with Crippen LogP contribution in [0.15, 0.2) is 24.3 Å². The number of benzene rings is 1. The van der Waals surface area contributed by atoms with Crippen molar-refractivity contribution in [2.24, 2.45) is 11.8 Å². The first kappa shape index (κ1) is 21.3. The van der Waals surface area contributed by atoms with Crippen LogP contribution in [0.5, 0.6) is 5.75 Å². The molecule has 0 spiro atoms. The predicted molar refractivity (Wildman–Crippen MR) is 108 cm³/mol. The Kier molecular flexibility index (Phi) is 6.90. The minimum atomic E-state index is -0.158. The molecule has 1 aliphatic carbocycles. The summed E-state index contributed by atoms with van der Waals surface area (Å²) in [6, 6.07) is 7.91. The predicted octanol–water partition coefficient (Wildman–Crippen LogP) is 0.562. The maximum atomic E-state index is 12.5. The van der Waals surface area contributed by atoms with E-state index in [2.05, 4.69) is 5.32 Å². The summed E-state index contributed by atoms with van der Waals surface area (Å²) in [5.41, 5.74) is 1.08. The fourth-order valence-electron chi connectivity index (χ4n) is 4.48. The van der Waals surface area contributed by atoms with Gasteiger partial charge in [0, 0.05) is 18.5 Å². The second-order valence-electron chi connectivity index (χ2n) is 8.29. The van der Waals surface area contributed by atoms with Gasteiger partial charge >= 0.3 is 0 Å². The Morgan fingerprint density at radius 2 is 1.86 bits per heavy atom. The minimum absolute atomic E-state index is 0.0759. The van der Waals surface area contributed by atoms with Gasteiger partial charge in [0.25, 0.3) is 0 Å². The highest BCUT2D eigenvalue weighted by molar-refractivity contribution is 6.05. The number of carbonyl (C=O) groups is 3. The third kappa shape index (κ3) is 4.78. The van der Waals surface area contributed by atoms with Gasteiger partial charge in [-0.2, -0.15) is 0 Å². The molecule has 1 saturated carbocycles. The van der Waals surface area contributed by atoms with Gasteiger partial charge in [-0.25, -0.2) is 0 Å². The van der Waals surface area contributed by atoms with Crippen LogP contribution in [0.25, 0.3) is 0 Å². The van der Waals surface area contributed by atoms with E-state index in [1.54, 1.807) is 7.11 Å². The van der Waals surface area contributed by atoms with Crippen molar-refractivity contribution in [1.82, 2.24) is 10.2 Å². The summed E-state index contributed by atoms with van der Waals surface area (Å²) < 4.78 is 5.30. The van der Waals surface area contributed by atoms with E-state index < -0.39 is 0 Å². The van der Waals surface area contributed by atoms with Crippen LogP contribution in [-0.2, 0) is 14.4 Å². The quantitative estimate of drug-likeness (QED) is 0.623. The molecule has 3 rings (SSSR count). The normalized spacial score (nSPS) is 22.6. The summed E-state index contributed by atoms with van der Waals surface area (Å²) >= 11 is 0. The highest BCUT2D eigenvalue weighted by atomic mass is 16.5. The first-order chi connectivity index (χ1) is 13.9. The molecular formula is C22H32N3O4+. The number of likely N-dealkylation sites (tertiary alicyclic amines) is 1. The zero-order valence-corrected chi connectivity index (χ0v) is 17.6. The van der Waals surface area contributed by atoms with Gasteiger partial charge in [0.2, 0.25) is 17.7 Å². The highest BCUT2D eigenvalue weighted by Gasteiger charge is 2.47. The van der Waals surface area contributed by atoms with Crippen molar-refractivity contribution in [2.75, 3.05) is 34.3 Å². The first-order valence-corrected chi connectivity index (χ1v) is 10.5. The van der Waals surface area contributed by atoms with E-state index in [1.807, 2.05) is 38.4 Å². The van der Waals surface area contributed by atoms with Crippen LogP contribution in [0.4, 0.5) is 0 Å². The van der Waals surface area contributed by atoms with Crippen molar-refractivity contribution >= 4 is 17.7 Å². The van der Waals surface area contributed by atoms with E-state index in [4.69, 9.17) is 4.74 Å². The van der Waals surface area contributed by atoms with Crippen molar-refractivity contribution in [2.45, 2.75) is 38.1 Å². The van der Waals surface area contributed by atoms with E-state index in [9.17, 15) is 14.4 Å². The topological polar surface area (TPSA) is 80.2 Å². The second-order valence-corrected chi connectivity index (χ2v) is 8.29. The Labute approximate surface area is 172 Å². The molecule has 0 bridgehead atoms. The number of rotatable bonds is 8. The van der Waals surface area contributed by atoms with Crippen LogP contribution in [0.2, 0.25) is 0 Å². The molecule has 1 aromatic carbocycles. The van der Waals surface area contributed by atoms with Crippen molar-refractivity contribution in [3.8, 4) is 5.75 Å². The number of methoxy groups -OCH3 is 1. The van der Waals surface area contributed by atoms with E-state index in [0.29, 0.717) is 6.54 Å². The molecule has 1 saturated heterocycles. The van der Waals surface area contributed by atoms with Gasteiger partial charge in [0.05, 0.1) is 39.6 Å². The second kappa shape index (κ2) is 9.39. The van der Waals surface area contributed by atoms with Gasteiger partial charge < -0.3 is 15.0 Å². The molecule has 7 heteroatoms. The zero-order valence-electron chi connectivity index (χ0n) is 17.6. The number of nitrogens with zero attached hydrogens (tertiary/aromatic N) is 1. The third-order valence-electron chi connectivity index (χ3n) is 6.19. The lowest BCUT2D eigenvalue weighted by Crippen LogP contribution is -3.07. The van der Waals surface area contributed by atoms with Gasteiger partial charge in [-0.15, -0.1) is 0 Å². The molecular weight excluding hydrogens is 370 g/mol. The molecule has 29 heavy (non-hydrogen) atoms. The lowest BCUT2D eigenvalue weighted by molar-refractivity contribution is -0.890. The van der Waals surface area contributed by atoms with E-state index in [-0.39, 0.29) is 48.6 Å². The van der Waals surface area contributed by atoms with Crippen LogP contribution in [0.3, 0.4) is 0 Å². The Hall–Kier alpha value is -2.41. The number of nitrogens with one attached hydrogen (secondary N) is 2. The van der Waals surface area contributed by atoms with Crippen molar-refractivity contribution in [3.05, 3.63) is 29.8 Å². The zero-order chi connectivity index (χ0) is 21.0. The summed E-state index contributed by atoms with van der Waals surface area (Å²) in [5, 5.41) is 2.97. The van der Waals surface area contributed by atoms with Crippen LogP contribution >= 0.6 is 0 Å². The van der Waals surface area contributed by atoms with E-state index in [1.165, 1.54) is 9.80 Å². The number of amides is 3. The number of carbonyl (C=O) groups excluding carboxylic acids is 3. The third-order valence-corrected chi connectivity index (χ3v) is 6.19. The highest BCUT2D eigenvalue weighted by Crippen LogP contribution is 2.37. The van der Waals surface area contributed by atoms with Gasteiger partial charge in [-0.1, -0.05) is 25.0 Å². The van der Waals surface area contributed by atoms with Gasteiger partial charge in [-0.05, 0) is 25.0 Å². The molecule has 2 aliphatic rings. The van der Waals surface area contributed by atoms with Crippen molar-refractivity contribution < 1.29 is 24.0 Å². The molecule has 1 heterocycles. The fourth-order valence-corrected chi connectivity index (χ4v) is 4.48. The molecule has 1 aromatic rings. The molecule has 2 N–H and O–H groups in total. The molecule has 0 radical (unpaired) electrons. The fraction of sp³-hybridized carbons (Fsp3) is 0.591. The maximum absolute atomic E-state index is 12.5. The van der Waals surface area contributed by atoms with Gasteiger partial charge in [0.1, 0.15) is 11.8 Å². The van der Waals surface area contributed by atoms with Crippen LogP contribution < -0.4 is 15.0 Å². The lowest BCUT2D eigenvalue weighted by atomic mass is 9.81. The summed E-state index contributed by atoms with van der Waals surface area (Å²) in [7, 11) is 5.72. The monoisotopic (exact) mass is 402 g/mol. The number of likely N-dealkylation sites (N-methyl/N-ethyl adjacent to an activating group) is 1. The number of quaternary nitrogens is 1. The van der Waals surface area contributed by atoms with Crippen molar-refractivity contribution in [1.29, 1.82) is 0 Å². The number of imide groups is 1. The molecule has 0 unspecified atom stereocenters. The lowest BCUT2D eigenvalue weighted by Gasteiger charge is -2.23. The molecule has 0 aromatic heterocycles. The van der Waals surface area contributed by atoms with Crippen LogP contribution in [0, 0.1) is 11.8 Å². The number of ether oxygens (including phenoxy) is 1. The first-order valence-electron chi connectivity index (χ1n) is 10.5. The summed E-state index contributed by atoms with van der Waals surface area (Å²) in [6.07, 6.45) is 3.75. The summed E-state index contributed by atoms with van der Waals surface area (Å²) in [5.74, 6) is 0.157. The Bertz CT molecular complexity index is 740. The molecule has 158 valence electrons. The largest absolute Gasteiger partial charge is 0.497 e. The Morgan fingerprint density at radius 3 is 2.45 bits per heavy atom. The summed E-state index contributed by atoms with van der Waals surface area (Å²) in [6.45, 7) is 0.649. The van der Waals surface area contributed by atoms with Gasteiger partial charge in [0.15, 0.2) is 0 Å². The molecule has 3 atom stereocenters. The Morgan fingerprint density at radius 1 is 1.21 bits per heavy atom. The Balaban J connectivity index is 1.53. The van der Waals surface area contributed by atoms with E-state index in [0.717, 1.165) is 37.0 Å². The average Bonchev–Trinajstić information content (AvgIpc) is 2.97. The SMILES string of the molecule is COc1cccc([C@@H](CNC(=O)CCN2C(=O)[C@H]3CCCC[C@@H]3C2=O)[NH+](C)C)c1. The molecule has 2 fully saturated rings. The van der Waals surface area contributed by atoms with E-state index >= 15 is 0 Å². The van der Waals surface area contributed by atoms with Crippen LogP contribution in [-0.4, -0.2) is 56.9 Å². The van der Waals surface area contributed by atoms with Crippen molar-refractivity contribution in [3.63, 3.8) is 0 Å². The number of fused-ring (bicyclic) bond motifs is 1. The minimum Gasteiger partial charge on any atom is -0.497 e. The maximum Gasteiger partial charge on any atom is 0.233 e. The number of hydrogen-bond acceptors (Lipinski definition) is 4. The average molecular weight is 403 g/mol. The molecule has 3 amide bonds. The standard InChI is InChI=1S/C22H31N3O4/c1-24(2)19(15-7-6-8-16(13-15)29-3)14-23-20(26)11-12-25-21(27)17-9-4-5-10-18(17)22(25)28/h6-8,13,17-19H,4-5,9-12,14H2,1-3H3,(H,23,26)/p+1/t17-,18-,19+/m0/s1. The number of hydrogen-bond donors (Lipinski definition) is 2.